The number of thiophene rings is 1. The summed E-state index contributed by atoms with van der Waals surface area (Å²) in [7, 11) is 2.01. The van der Waals surface area contributed by atoms with Crippen molar-refractivity contribution in [3.8, 4) is 0 Å². The Bertz CT molecular complexity index is 568. The minimum atomic E-state index is -0.948. The van der Waals surface area contributed by atoms with Gasteiger partial charge in [-0.25, -0.2) is 4.79 Å². The standard InChI is InChI=1S/C13H13BrN2O2S/c1-16(7-12-4-10(14)8-19-12)6-11-3-2-9(5-15-11)13(17)18/h2-5,8H,6-7H2,1H3,(H,17,18). The molecule has 0 bridgehead atoms. The van der Waals surface area contributed by atoms with Crippen molar-refractivity contribution < 1.29 is 9.90 Å². The number of aromatic carboxylic acids is 1. The van der Waals surface area contributed by atoms with E-state index >= 15 is 0 Å². The fourth-order valence-electron chi connectivity index (χ4n) is 1.68. The minimum absolute atomic E-state index is 0.216. The number of carboxylic acids is 1. The largest absolute Gasteiger partial charge is 0.478 e. The summed E-state index contributed by atoms with van der Waals surface area (Å²) in [4.78, 5) is 18.3. The Labute approximate surface area is 123 Å². The maximum atomic E-state index is 10.7. The van der Waals surface area contributed by atoms with E-state index in [1.54, 1.807) is 23.5 Å². The molecular weight excluding hydrogens is 328 g/mol. The highest BCUT2D eigenvalue weighted by Gasteiger charge is 2.07. The molecule has 0 spiro atoms. The number of rotatable bonds is 5. The van der Waals surface area contributed by atoms with Gasteiger partial charge in [0.1, 0.15) is 0 Å². The van der Waals surface area contributed by atoms with Gasteiger partial charge in [0.05, 0.1) is 11.3 Å². The van der Waals surface area contributed by atoms with Crippen molar-refractivity contribution in [3.05, 3.63) is 50.4 Å². The maximum absolute atomic E-state index is 10.7. The molecule has 0 aliphatic heterocycles. The van der Waals surface area contributed by atoms with Crippen LogP contribution in [0.2, 0.25) is 0 Å². The lowest BCUT2D eigenvalue weighted by atomic mass is 10.2. The molecule has 4 nitrogen and oxygen atoms in total. The number of aromatic nitrogens is 1. The third-order valence-corrected chi connectivity index (χ3v) is 4.23. The smallest absolute Gasteiger partial charge is 0.337 e. The molecule has 0 aliphatic rings. The molecule has 1 N–H and O–H groups in total. The van der Waals surface area contributed by atoms with E-state index in [-0.39, 0.29) is 5.56 Å². The van der Waals surface area contributed by atoms with Crippen molar-refractivity contribution in [2.75, 3.05) is 7.05 Å². The van der Waals surface area contributed by atoms with Crippen LogP contribution in [0.3, 0.4) is 0 Å². The summed E-state index contributed by atoms with van der Waals surface area (Å²) >= 11 is 5.14. The number of hydrogen-bond donors (Lipinski definition) is 1. The van der Waals surface area contributed by atoms with Gasteiger partial charge in [-0.2, -0.15) is 0 Å². The SMILES string of the molecule is CN(Cc1ccc(C(=O)O)cn1)Cc1cc(Br)cs1. The summed E-state index contributed by atoms with van der Waals surface area (Å²) < 4.78 is 1.10. The molecule has 0 unspecified atom stereocenters. The van der Waals surface area contributed by atoms with Crippen LogP contribution >= 0.6 is 27.3 Å². The van der Waals surface area contributed by atoms with Crippen LogP contribution in [0.5, 0.6) is 0 Å². The zero-order valence-corrected chi connectivity index (χ0v) is 12.7. The van der Waals surface area contributed by atoms with E-state index in [0.717, 1.165) is 16.7 Å². The van der Waals surface area contributed by atoms with Gasteiger partial charge < -0.3 is 5.11 Å². The zero-order valence-electron chi connectivity index (χ0n) is 10.3. The van der Waals surface area contributed by atoms with Crippen molar-refractivity contribution in [2.24, 2.45) is 0 Å². The Morgan fingerprint density at radius 1 is 1.47 bits per heavy atom. The molecule has 2 aromatic rings. The Kier molecular flexibility index (Phi) is 4.68. The first kappa shape index (κ1) is 14.2. The van der Waals surface area contributed by atoms with Crippen molar-refractivity contribution in [1.82, 2.24) is 9.88 Å². The molecule has 100 valence electrons. The van der Waals surface area contributed by atoms with Gasteiger partial charge in [-0.3, -0.25) is 9.88 Å². The van der Waals surface area contributed by atoms with Gasteiger partial charge in [0.2, 0.25) is 0 Å². The predicted octanol–water partition coefficient (Wildman–Crippen LogP) is 3.24. The monoisotopic (exact) mass is 340 g/mol. The van der Waals surface area contributed by atoms with Crippen molar-refractivity contribution >= 4 is 33.2 Å². The van der Waals surface area contributed by atoms with Crippen LogP contribution in [-0.4, -0.2) is 28.0 Å². The van der Waals surface area contributed by atoms with Gasteiger partial charge in [-0.05, 0) is 41.2 Å². The molecule has 0 amide bonds. The van der Waals surface area contributed by atoms with Gasteiger partial charge in [-0.15, -0.1) is 11.3 Å². The summed E-state index contributed by atoms with van der Waals surface area (Å²) in [5, 5.41) is 10.9. The molecule has 0 radical (unpaired) electrons. The van der Waals surface area contributed by atoms with Crippen LogP contribution in [0.1, 0.15) is 20.9 Å². The summed E-state index contributed by atoms with van der Waals surface area (Å²) in [6.07, 6.45) is 1.40. The number of nitrogens with zero attached hydrogens (tertiary/aromatic N) is 2. The first-order valence-corrected chi connectivity index (χ1v) is 7.31. The van der Waals surface area contributed by atoms with Crippen LogP contribution in [-0.2, 0) is 13.1 Å². The third-order valence-electron chi connectivity index (χ3n) is 2.55. The van der Waals surface area contributed by atoms with Crippen LogP contribution in [0, 0.1) is 0 Å². The normalized spacial score (nSPS) is 10.9. The van der Waals surface area contributed by atoms with Crippen molar-refractivity contribution in [3.63, 3.8) is 0 Å². The second-order valence-corrected chi connectivity index (χ2v) is 6.16. The number of pyridine rings is 1. The van der Waals surface area contributed by atoms with Crippen molar-refractivity contribution in [2.45, 2.75) is 13.1 Å². The topological polar surface area (TPSA) is 53.4 Å². The molecule has 0 saturated heterocycles. The molecule has 2 heterocycles. The summed E-state index contributed by atoms with van der Waals surface area (Å²) in [5.74, 6) is -0.948. The van der Waals surface area contributed by atoms with Gasteiger partial charge in [0.25, 0.3) is 0 Å². The van der Waals surface area contributed by atoms with E-state index in [4.69, 9.17) is 5.11 Å². The van der Waals surface area contributed by atoms with E-state index in [0.29, 0.717) is 6.54 Å². The molecule has 2 aromatic heterocycles. The summed E-state index contributed by atoms with van der Waals surface area (Å²) in [5.41, 5.74) is 1.08. The van der Waals surface area contributed by atoms with Crippen molar-refractivity contribution in [1.29, 1.82) is 0 Å². The lowest BCUT2D eigenvalue weighted by Gasteiger charge is -2.14. The third kappa shape index (κ3) is 4.12. The van der Waals surface area contributed by atoms with E-state index in [2.05, 4.69) is 37.3 Å². The first-order chi connectivity index (χ1) is 9.04. The van der Waals surface area contributed by atoms with E-state index in [1.165, 1.54) is 11.1 Å². The Morgan fingerprint density at radius 3 is 2.79 bits per heavy atom. The highest BCUT2D eigenvalue weighted by Crippen LogP contribution is 2.21. The second kappa shape index (κ2) is 6.27. The fourth-order valence-corrected chi connectivity index (χ4v) is 3.21. The highest BCUT2D eigenvalue weighted by molar-refractivity contribution is 9.10. The molecule has 19 heavy (non-hydrogen) atoms. The fraction of sp³-hybridized carbons (Fsp3) is 0.231. The lowest BCUT2D eigenvalue weighted by molar-refractivity contribution is 0.0696. The molecule has 0 aliphatic carbocycles. The van der Waals surface area contributed by atoms with E-state index in [1.807, 2.05) is 7.05 Å². The summed E-state index contributed by atoms with van der Waals surface area (Å²) in [6, 6.07) is 5.44. The molecule has 0 fully saturated rings. The van der Waals surface area contributed by atoms with E-state index < -0.39 is 5.97 Å². The molecular formula is C13H13BrN2O2S. The molecule has 6 heteroatoms. The number of carbonyl (C=O) groups is 1. The van der Waals surface area contributed by atoms with Crippen LogP contribution in [0.4, 0.5) is 0 Å². The molecule has 0 saturated carbocycles. The lowest BCUT2D eigenvalue weighted by Crippen LogP contribution is -2.17. The quantitative estimate of drug-likeness (QED) is 0.907. The van der Waals surface area contributed by atoms with Crippen LogP contribution < -0.4 is 0 Å². The Balaban J connectivity index is 1.94. The van der Waals surface area contributed by atoms with Gasteiger partial charge in [0.15, 0.2) is 0 Å². The predicted molar refractivity (Wildman–Crippen MR) is 78.4 cm³/mol. The van der Waals surface area contributed by atoms with Crippen LogP contribution in [0.25, 0.3) is 0 Å². The number of hydrogen-bond acceptors (Lipinski definition) is 4. The minimum Gasteiger partial charge on any atom is -0.478 e. The first-order valence-electron chi connectivity index (χ1n) is 5.64. The van der Waals surface area contributed by atoms with Gasteiger partial charge in [-0.1, -0.05) is 0 Å². The Hall–Kier alpha value is -1.24. The Morgan fingerprint density at radius 2 is 2.26 bits per heavy atom. The average Bonchev–Trinajstić information content (AvgIpc) is 2.75. The molecule has 2 rings (SSSR count). The molecule has 0 aromatic carbocycles. The second-order valence-electron chi connectivity index (χ2n) is 4.25. The highest BCUT2D eigenvalue weighted by atomic mass is 79.9. The molecule has 0 atom stereocenters. The maximum Gasteiger partial charge on any atom is 0.337 e. The van der Waals surface area contributed by atoms with Crippen LogP contribution in [0.15, 0.2) is 34.2 Å². The number of halogens is 1. The summed E-state index contributed by atoms with van der Waals surface area (Å²) in [6.45, 7) is 1.54. The van der Waals surface area contributed by atoms with Gasteiger partial charge >= 0.3 is 5.97 Å². The van der Waals surface area contributed by atoms with E-state index in [9.17, 15) is 4.79 Å². The van der Waals surface area contributed by atoms with Gasteiger partial charge in [0, 0.05) is 34.0 Å². The average molecular weight is 341 g/mol. The number of carboxylic acid groups (broad SMARTS) is 1. The zero-order chi connectivity index (χ0) is 13.8.